The minimum atomic E-state index is -1.82. The van der Waals surface area contributed by atoms with Gasteiger partial charge in [0, 0.05) is 40.0 Å². The lowest BCUT2D eigenvalue weighted by Crippen LogP contribution is -2.63. The molecule has 0 saturated carbocycles. The van der Waals surface area contributed by atoms with Crippen LogP contribution in [0.3, 0.4) is 0 Å². The van der Waals surface area contributed by atoms with E-state index in [0.717, 1.165) is 11.1 Å². The lowest BCUT2D eigenvalue weighted by atomic mass is 9.83. The molecule has 0 unspecified atom stereocenters. The fraction of sp³-hybridized carbons (Fsp3) is 0.622. The van der Waals surface area contributed by atoms with Crippen molar-refractivity contribution in [3.8, 4) is 5.75 Å². The largest absolute Gasteiger partial charge is 0.495 e. The molecule has 2 saturated heterocycles. The maximum absolute atomic E-state index is 14.1. The number of carbonyl (C=O) groups excluding carboxylic acids is 4. The van der Waals surface area contributed by atoms with Crippen molar-refractivity contribution in [3.63, 3.8) is 0 Å². The molecule has 4 bridgehead atoms. The van der Waals surface area contributed by atoms with Gasteiger partial charge in [0.25, 0.3) is 0 Å². The molecule has 1 aromatic rings. The second kappa shape index (κ2) is 15.9. The highest BCUT2D eigenvalue weighted by Gasteiger charge is 2.64. The molecule has 8 atom stereocenters. The van der Waals surface area contributed by atoms with Crippen LogP contribution in [-0.4, -0.2) is 104 Å². The molecule has 14 heteroatoms. The monoisotopic (exact) mass is 733 g/mol. The number of rotatable bonds is 7. The van der Waals surface area contributed by atoms with Crippen LogP contribution in [0.2, 0.25) is 5.02 Å². The smallest absolute Gasteiger partial charge is 0.409 e. The van der Waals surface area contributed by atoms with Gasteiger partial charge in [0.05, 0.1) is 25.3 Å². The van der Waals surface area contributed by atoms with Crippen molar-refractivity contribution in [1.29, 1.82) is 0 Å². The molecule has 0 spiro atoms. The first-order valence-electron chi connectivity index (χ1n) is 17.2. The number of nitrogens with zero attached hydrogens (tertiary/aromatic N) is 2. The quantitative estimate of drug-likeness (QED) is 0.301. The number of alkyl carbamates (subject to hydrolysis) is 1. The molecule has 51 heavy (non-hydrogen) atoms. The zero-order chi connectivity index (χ0) is 38.0. The fourth-order valence-corrected chi connectivity index (χ4v) is 7.02. The number of aliphatic hydroxyl groups is 1. The molecule has 3 aliphatic rings. The number of esters is 1. The van der Waals surface area contributed by atoms with Crippen molar-refractivity contribution in [2.24, 2.45) is 11.8 Å². The van der Waals surface area contributed by atoms with Crippen molar-refractivity contribution in [3.05, 3.63) is 46.5 Å². The van der Waals surface area contributed by atoms with Gasteiger partial charge in [-0.05, 0) is 50.8 Å². The van der Waals surface area contributed by atoms with Gasteiger partial charge in [-0.2, -0.15) is 0 Å². The fourth-order valence-electron chi connectivity index (χ4n) is 6.71. The van der Waals surface area contributed by atoms with Crippen LogP contribution >= 0.6 is 11.6 Å². The summed E-state index contributed by atoms with van der Waals surface area (Å²) in [7, 11) is 6.04. The number of anilines is 1. The van der Waals surface area contributed by atoms with Crippen molar-refractivity contribution in [2.45, 2.75) is 109 Å². The highest BCUT2D eigenvalue weighted by atomic mass is 35.5. The molecule has 3 heterocycles. The van der Waals surface area contributed by atoms with Gasteiger partial charge in [0.1, 0.15) is 40.7 Å². The Morgan fingerprint density at radius 1 is 1.22 bits per heavy atom. The number of nitrogens with one attached hydrogen (secondary N) is 1. The first-order chi connectivity index (χ1) is 23.8. The number of allylic oxidation sites excluding steroid dienone is 3. The standard InChI is InChI=1S/C37H52ClN3O10/c1-20(2)14-30(42)40(7)23(5)34(44)50-29-18-31(43)41(8)25-16-24(17-26(47-9)32(25)38)15-21(3)12-11-13-28(48-10)37(46)19-27(49-35(45)39-37)22(4)33-36(29,6)51-33/h11-13,16-17,20,22-23,27-29,33,46H,14-15,18-19H2,1-10H3,(H,39,45)/b13-11+,21-12+/t22-,23+,27+,28-,29+,33+,36+,37+/m1/s1. The Labute approximate surface area is 305 Å². The van der Waals surface area contributed by atoms with Crippen LogP contribution < -0.4 is 15.0 Å². The summed E-state index contributed by atoms with van der Waals surface area (Å²) >= 11 is 6.75. The Morgan fingerprint density at radius 2 is 1.90 bits per heavy atom. The molecule has 0 radical (unpaired) electrons. The minimum Gasteiger partial charge on any atom is -0.495 e. The Bertz CT molecular complexity index is 1560. The number of methoxy groups -OCH3 is 2. The van der Waals surface area contributed by atoms with Crippen molar-refractivity contribution >= 4 is 41.2 Å². The second-order valence-electron chi connectivity index (χ2n) is 14.5. The van der Waals surface area contributed by atoms with Crippen LogP contribution in [0.4, 0.5) is 10.5 Å². The van der Waals surface area contributed by atoms with Crippen LogP contribution in [0.15, 0.2) is 35.9 Å². The number of hydrogen-bond donors (Lipinski definition) is 2. The van der Waals surface area contributed by atoms with Crippen LogP contribution in [0.25, 0.3) is 0 Å². The molecule has 3 amide bonds. The average Bonchev–Trinajstić information content (AvgIpc) is 3.76. The molecule has 282 valence electrons. The van der Waals surface area contributed by atoms with E-state index in [-0.39, 0.29) is 36.1 Å². The lowest BCUT2D eigenvalue weighted by Gasteiger charge is -2.42. The summed E-state index contributed by atoms with van der Waals surface area (Å²) in [5.41, 5.74) is -0.878. The summed E-state index contributed by atoms with van der Waals surface area (Å²) < 4.78 is 29.2. The normalized spacial score (nSPS) is 32.1. The zero-order valence-electron chi connectivity index (χ0n) is 31.2. The van der Waals surface area contributed by atoms with E-state index in [9.17, 15) is 24.3 Å². The molecular formula is C37H52ClN3O10. The van der Waals surface area contributed by atoms with Crippen LogP contribution in [0.5, 0.6) is 5.75 Å². The SMILES string of the molecule is COc1cc2cc(c1Cl)N(C)C(=O)C[C@H](OC(=O)[C@H](C)N(C)C(=O)CC(C)C)[C@]1(C)O[C@H]1[C@H](C)[C@@H]1C[C@@](O)(NC(=O)O1)[C@H](OC)/C=C/C=C(\C)C2. The van der Waals surface area contributed by atoms with Crippen LogP contribution in [0, 0.1) is 11.8 Å². The maximum atomic E-state index is 14.1. The number of likely N-dealkylation sites (N-methyl/N-ethyl adjacent to an activating group) is 1. The van der Waals surface area contributed by atoms with Gasteiger partial charge in [0.2, 0.25) is 11.8 Å². The molecule has 4 rings (SSSR count). The van der Waals surface area contributed by atoms with Crippen LogP contribution in [0.1, 0.15) is 66.4 Å². The lowest BCUT2D eigenvalue weighted by molar-refractivity contribution is -0.162. The molecule has 13 nitrogen and oxygen atoms in total. The zero-order valence-corrected chi connectivity index (χ0v) is 31.9. The number of ether oxygens (including phenoxy) is 5. The maximum Gasteiger partial charge on any atom is 0.409 e. The number of halogens is 1. The van der Waals surface area contributed by atoms with Gasteiger partial charge in [-0.3, -0.25) is 14.9 Å². The van der Waals surface area contributed by atoms with Gasteiger partial charge >= 0.3 is 12.1 Å². The van der Waals surface area contributed by atoms with Gasteiger partial charge in [-0.15, -0.1) is 0 Å². The van der Waals surface area contributed by atoms with E-state index >= 15 is 0 Å². The molecule has 0 aromatic heterocycles. The summed E-state index contributed by atoms with van der Waals surface area (Å²) in [6.07, 6.45) is 1.26. The number of epoxide rings is 1. The van der Waals surface area contributed by atoms with Gasteiger partial charge in [-0.1, -0.05) is 56.2 Å². The van der Waals surface area contributed by atoms with Gasteiger partial charge in [0.15, 0.2) is 5.72 Å². The Balaban J connectivity index is 1.77. The highest BCUT2D eigenvalue weighted by molar-refractivity contribution is 6.35. The summed E-state index contributed by atoms with van der Waals surface area (Å²) in [5, 5.41) is 14.5. The number of hydrogen-bond acceptors (Lipinski definition) is 10. The van der Waals surface area contributed by atoms with Crippen molar-refractivity contribution in [2.75, 3.05) is 33.2 Å². The summed E-state index contributed by atoms with van der Waals surface area (Å²) in [6, 6.07) is 2.64. The summed E-state index contributed by atoms with van der Waals surface area (Å²) in [6.45, 7) is 10.8. The number of amides is 3. The van der Waals surface area contributed by atoms with Crippen LogP contribution in [-0.2, 0) is 39.8 Å². The van der Waals surface area contributed by atoms with E-state index in [4.69, 9.17) is 35.3 Å². The third kappa shape index (κ3) is 8.88. The second-order valence-corrected chi connectivity index (χ2v) is 14.9. The van der Waals surface area contributed by atoms with E-state index < -0.39 is 65.7 Å². The van der Waals surface area contributed by atoms with Crippen molar-refractivity contribution < 1.29 is 48.0 Å². The molecule has 1 aromatic carbocycles. The third-order valence-electron chi connectivity index (χ3n) is 10.1. The van der Waals surface area contributed by atoms with E-state index in [1.54, 1.807) is 52.1 Å². The molecule has 0 aliphatic carbocycles. The Kier molecular flexibility index (Phi) is 12.5. The molecule has 2 fully saturated rings. The first-order valence-corrected chi connectivity index (χ1v) is 17.6. The van der Waals surface area contributed by atoms with E-state index in [2.05, 4.69) is 5.32 Å². The first kappa shape index (κ1) is 40.1. The summed E-state index contributed by atoms with van der Waals surface area (Å²) in [5.74, 6) is -1.41. The van der Waals surface area contributed by atoms with E-state index in [1.807, 2.05) is 26.8 Å². The average molecular weight is 734 g/mol. The third-order valence-corrected chi connectivity index (χ3v) is 10.5. The Morgan fingerprint density at radius 3 is 2.53 bits per heavy atom. The molecular weight excluding hydrogens is 682 g/mol. The van der Waals surface area contributed by atoms with Gasteiger partial charge in [-0.25, -0.2) is 9.59 Å². The van der Waals surface area contributed by atoms with E-state index in [1.165, 1.54) is 31.1 Å². The van der Waals surface area contributed by atoms with E-state index in [0.29, 0.717) is 17.9 Å². The molecule has 2 N–H and O–H groups in total. The predicted octanol–water partition coefficient (Wildman–Crippen LogP) is 4.56. The topological polar surface area (TPSA) is 156 Å². The van der Waals surface area contributed by atoms with Gasteiger partial charge < -0.3 is 38.6 Å². The van der Waals surface area contributed by atoms with Crippen molar-refractivity contribution in [1.82, 2.24) is 10.2 Å². The summed E-state index contributed by atoms with van der Waals surface area (Å²) in [4.78, 5) is 56.1. The number of benzene rings is 1. The minimum absolute atomic E-state index is 0.0442. The Hall–Kier alpha value is -3.65. The highest BCUT2D eigenvalue weighted by Crippen LogP contribution is 2.49. The number of carbonyl (C=O) groups is 4. The predicted molar refractivity (Wildman–Crippen MR) is 190 cm³/mol. The molecule has 3 aliphatic heterocycles. The number of fused-ring (bicyclic) bond motifs is 5.